The van der Waals surface area contributed by atoms with Gasteiger partial charge in [0.05, 0.1) is 4.90 Å². The summed E-state index contributed by atoms with van der Waals surface area (Å²) in [5.74, 6) is 0.285. The standard InChI is InChI=1S/C21H23NO2S/c1-16-9-11-18(12-10-16)25(23,24)22-14-13-21(17-7-5-4-6-8-17)19(15-22)20(21,2)3/h4-14,19H,15H2,1-3H3. The fraction of sp³-hybridized carbons (Fsp3) is 0.333. The summed E-state index contributed by atoms with van der Waals surface area (Å²) >= 11 is 0. The van der Waals surface area contributed by atoms with E-state index in [4.69, 9.17) is 0 Å². The maximum atomic E-state index is 13.0. The van der Waals surface area contributed by atoms with Crippen molar-refractivity contribution in [2.24, 2.45) is 11.3 Å². The van der Waals surface area contributed by atoms with Gasteiger partial charge in [-0.1, -0.05) is 68.0 Å². The topological polar surface area (TPSA) is 37.4 Å². The summed E-state index contributed by atoms with van der Waals surface area (Å²) < 4.78 is 27.5. The molecule has 2 aromatic carbocycles. The summed E-state index contributed by atoms with van der Waals surface area (Å²) in [5, 5.41) is 0. The van der Waals surface area contributed by atoms with Crippen molar-refractivity contribution in [3.63, 3.8) is 0 Å². The molecule has 1 saturated carbocycles. The second-order valence-electron chi connectivity index (χ2n) is 7.71. The van der Waals surface area contributed by atoms with Crippen LogP contribution in [0.15, 0.2) is 71.8 Å². The van der Waals surface area contributed by atoms with Gasteiger partial charge in [-0.3, -0.25) is 4.31 Å². The van der Waals surface area contributed by atoms with Gasteiger partial charge in [0.2, 0.25) is 0 Å². The quantitative estimate of drug-likeness (QED) is 0.833. The van der Waals surface area contributed by atoms with Gasteiger partial charge in [0.25, 0.3) is 10.0 Å². The predicted molar refractivity (Wildman–Crippen MR) is 99.6 cm³/mol. The number of nitrogens with zero attached hydrogens (tertiary/aromatic N) is 1. The van der Waals surface area contributed by atoms with Gasteiger partial charge >= 0.3 is 0 Å². The average Bonchev–Trinajstić information content (AvgIpc) is 3.12. The molecule has 2 aromatic rings. The number of allylic oxidation sites excluding steroid dienone is 1. The molecule has 1 aliphatic carbocycles. The lowest BCUT2D eigenvalue weighted by molar-refractivity contribution is 0.437. The van der Waals surface area contributed by atoms with E-state index in [0.29, 0.717) is 11.4 Å². The van der Waals surface area contributed by atoms with Gasteiger partial charge in [-0.2, -0.15) is 0 Å². The van der Waals surface area contributed by atoms with E-state index in [1.807, 2.05) is 25.1 Å². The van der Waals surface area contributed by atoms with Gasteiger partial charge in [0.1, 0.15) is 0 Å². The molecule has 4 heteroatoms. The lowest BCUT2D eigenvalue weighted by atomic mass is 9.87. The smallest absolute Gasteiger partial charge is 0.263 e. The van der Waals surface area contributed by atoms with Crippen LogP contribution in [-0.2, 0) is 15.4 Å². The molecule has 3 nitrogen and oxygen atoms in total. The van der Waals surface area contributed by atoms with Gasteiger partial charge in [0.15, 0.2) is 0 Å². The Labute approximate surface area is 150 Å². The number of benzene rings is 2. The Morgan fingerprint density at radius 3 is 2.24 bits per heavy atom. The summed E-state index contributed by atoms with van der Waals surface area (Å²) in [4.78, 5) is 0.355. The number of fused-ring (bicyclic) bond motifs is 1. The Kier molecular flexibility index (Phi) is 3.42. The number of sulfonamides is 1. The van der Waals surface area contributed by atoms with Gasteiger partial charge in [-0.05, 0) is 36.0 Å². The first kappa shape index (κ1) is 16.4. The highest BCUT2D eigenvalue weighted by molar-refractivity contribution is 7.89. The number of hydrogen-bond acceptors (Lipinski definition) is 2. The fourth-order valence-corrected chi connectivity index (χ4v) is 5.78. The first-order valence-corrected chi connectivity index (χ1v) is 10.1. The molecule has 0 amide bonds. The number of hydrogen-bond donors (Lipinski definition) is 0. The van der Waals surface area contributed by atoms with E-state index < -0.39 is 10.0 Å². The number of rotatable bonds is 3. The van der Waals surface area contributed by atoms with Crippen LogP contribution in [0.5, 0.6) is 0 Å². The third-order valence-corrected chi connectivity index (χ3v) is 7.91. The summed E-state index contributed by atoms with van der Waals surface area (Å²) in [6.07, 6.45) is 3.87. The SMILES string of the molecule is Cc1ccc(S(=O)(=O)N2C=CC3(c4ccccc4)C(C2)C3(C)C)cc1. The second-order valence-corrected chi connectivity index (χ2v) is 9.60. The Morgan fingerprint density at radius 2 is 1.64 bits per heavy atom. The van der Waals surface area contributed by atoms with E-state index in [9.17, 15) is 8.42 Å². The van der Waals surface area contributed by atoms with Crippen molar-refractivity contribution in [3.05, 3.63) is 78.0 Å². The summed E-state index contributed by atoms with van der Waals surface area (Å²) in [6.45, 7) is 6.95. The highest BCUT2D eigenvalue weighted by atomic mass is 32.2. The van der Waals surface area contributed by atoms with Gasteiger partial charge < -0.3 is 0 Å². The molecule has 25 heavy (non-hydrogen) atoms. The molecule has 1 heterocycles. The molecular weight excluding hydrogens is 330 g/mol. The van der Waals surface area contributed by atoms with E-state index in [1.165, 1.54) is 9.87 Å². The van der Waals surface area contributed by atoms with Crippen LogP contribution >= 0.6 is 0 Å². The predicted octanol–water partition coefficient (Wildman–Crippen LogP) is 4.11. The van der Waals surface area contributed by atoms with Crippen molar-refractivity contribution < 1.29 is 8.42 Å². The summed E-state index contributed by atoms with van der Waals surface area (Å²) in [5.41, 5.74) is 2.31. The van der Waals surface area contributed by atoms with Crippen molar-refractivity contribution in [1.29, 1.82) is 0 Å². The highest BCUT2D eigenvalue weighted by Crippen LogP contribution is 2.71. The van der Waals surface area contributed by atoms with E-state index in [-0.39, 0.29) is 16.7 Å². The molecule has 0 bridgehead atoms. The van der Waals surface area contributed by atoms with E-state index in [0.717, 1.165) is 5.56 Å². The van der Waals surface area contributed by atoms with E-state index in [1.54, 1.807) is 18.3 Å². The molecule has 0 radical (unpaired) electrons. The Bertz CT molecular complexity index is 930. The zero-order chi connectivity index (χ0) is 17.9. The Morgan fingerprint density at radius 1 is 1.00 bits per heavy atom. The molecule has 2 unspecified atom stereocenters. The minimum Gasteiger partial charge on any atom is -0.273 e. The fourth-order valence-electron chi connectivity index (χ4n) is 4.46. The second kappa shape index (κ2) is 5.21. The first-order chi connectivity index (χ1) is 11.8. The Hall–Kier alpha value is -2.07. The third-order valence-electron chi connectivity index (χ3n) is 6.15. The van der Waals surface area contributed by atoms with Crippen molar-refractivity contribution >= 4 is 10.0 Å². The maximum absolute atomic E-state index is 13.0. The number of aryl methyl sites for hydroxylation is 1. The lowest BCUT2D eigenvalue weighted by Crippen LogP contribution is -2.32. The average molecular weight is 353 g/mol. The zero-order valence-electron chi connectivity index (χ0n) is 14.8. The summed E-state index contributed by atoms with van der Waals surface area (Å²) in [6, 6.07) is 17.5. The van der Waals surface area contributed by atoms with Crippen molar-refractivity contribution in [2.45, 2.75) is 31.1 Å². The van der Waals surface area contributed by atoms with Crippen molar-refractivity contribution in [2.75, 3.05) is 6.54 Å². The third kappa shape index (κ3) is 2.20. The van der Waals surface area contributed by atoms with Crippen LogP contribution < -0.4 is 0 Å². The first-order valence-electron chi connectivity index (χ1n) is 8.63. The van der Waals surface area contributed by atoms with Crippen LogP contribution in [0.3, 0.4) is 0 Å². The summed E-state index contributed by atoms with van der Waals surface area (Å²) in [7, 11) is -3.50. The van der Waals surface area contributed by atoms with Crippen LogP contribution in [0.1, 0.15) is 25.0 Å². The molecule has 2 aliphatic rings. The van der Waals surface area contributed by atoms with Gasteiger partial charge in [0, 0.05) is 18.2 Å². The highest BCUT2D eigenvalue weighted by Gasteiger charge is 2.71. The van der Waals surface area contributed by atoms with Crippen LogP contribution in [0.25, 0.3) is 0 Å². The molecule has 0 aromatic heterocycles. The monoisotopic (exact) mass is 353 g/mol. The van der Waals surface area contributed by atoms with Crippen LogP contribution in [0.2, 0.25) is 0 Å². The maximum Gasteiger partial charge on any atom is 0.263 e. The molecule has 1 aliphatic heterocycles. The minimum atomic E-state index is -3.50. The van der Waals surface area contributed by atoms with E-state index >= 15 is 0 Å². The van der Waals surface area contributed by atoms with Crippen molar-refractivity contribution in [1.82, 2.24) is 4.31 Å². The molecule has 1 fully saturated rings. The van der Waals surface area contributed by atoms with Crippen LogP contribution in [0, 0.1) is 18.3 Å². The van der Waals surface area contributed by atoms with Crippen molar-refractivity contribution in [3.8, 4) is 0 Å². The van der Waals surface area contributed by atoms with E-state index in [2.05, 4.69) is 44.2 Å². The molecule has 2 atom stereocenters. The molecular formula is C21H23NO2S. The zero-order valence-corrected chi connectivity index (χ0v) is 15.6. The molecule has 130 valence electrons. The lowest BCUT2D eigenvalue weighted by Gasteiger charge is -2.27. The van der Waals surface area contributed by atoms with Crippen LogP contribution in [-0.4, -0.2) is 19.3 Å². The van der Waals surface area contributed by atoms with Gasteiger partial charge in [-0.15, -0.1) is 0 Å². The normalized spacial score (nSPS) is 27.0. The Balaban J connectivity index is 1.71. The van der Waals surface area contributed by atoms with Crippen LogP contribution in [0.4, 0.5) is 0 Å². The molecule has 4 rings (SSSR count). The molecule has 0 saturated heterocycles. The molecule has 0 spiro atoms. The minimum absolute atomic E-state index is 0.0440. The molecule has 0 N–H and O–H groups in total. The largest absolute Gasteiger partial charge is 0.273 e. The van der Waals surface area contributed by atoms with Gasteiger partial charge in [-0.25, -0.2) is 8.42 Å².